The molecule has 0 heterocycles. The second-order valence-corrected chi connectivity index (χ2v) is 5.94. The highest BCUT2D eigenvalue weighted by molar-refractivity contribution is 6.35. The Labute approximate surface area is 154 Å². The number of anilines is 1. The number of hydrogen-bond acceptors (Lipinski definition) is 3. The highest BCUT2D eigenvalue weighted by Gasteiger charge is 2.06. The zero-order chi connectivity index (χ0) is 18.2. The largest absolute Gasteiger partial charge is 0.435 e. The third kappa shape index (κ3) is 6.76. The van der Waals surface area contributed by atoms with E-state index in [4.69, 9.17) is 23.2 Å². The standard InChI is InChI=1S/C17H16Cl2F2N2O2/c18-12-3-6-14(19)15(9-12)23-10-16(24)22-8-7-11-1-4-13(5-2-11)25-17(20)21/h1-6,9,17,23H,7-8,10H2,(H,22,24). The molecule has 0 saturated carbocycles. The molecule has 4 nitrogen and oxygen atoms in total. The van der Waals surface area contributed by atoms with Gasteiger partial charge in [-0.05, 0) is 42.3 Å². The summed E-state index contributed by atoms with van der Waals surface area (Å²) in [7, 11) is 0. The van der Waals surface area contributed by atoms with Crippen molar-refractivity contribution in [1.82, 2.24) is 5.32 Å². The van der Waals surface area contributed by atoms with E-state index in [1.165, 1.54) is 12.1 Å². The number of hydrogen-bond donors (Lipinski definition) is 2. The Bertz CT molecular complexity index is 712. The van der Waals surface area contributed by atoms with E-state index in [-0.39, 0.29) is 18.2 Å². The maximum Gasteiger partial charge on any atom is 0.387 e. The molecule has 0 fully saturated rings. The first-order chi connectivity index (χ1) is 11.9. The van der Waals surface area contributed by atoms with Gasteiger partial charge in [-0.2, -0.15) is 8.78 Å². The third-order valence-electron chi connectivity index (χ3n) is 3.25. The van der Waals surface area contributed by atoms with Crippen LogP contribution in [0, 0.1) is 0 Å². The minimum absolute atomic E-state index is 0.0568. The van der Waals surface area contributed by atoms with Crippen molar-refractivity contribution in [3.63, 3.8) is 0 Å². The first-order valence-corrected chi connectivity index (χ1v) is 8.19. The van der Waals surface area contributed by atoms with Crippen molar-refractivity contribution in [2.75, 3.05) is 18.4 Å². The summed E-state index contributed by atoms with van der Waals surface area (Å²) in [5.74, 6) is -0.0981. The second-order valence-electron chi connectivity index (χ2n) is 5.10. The maximum atomic E-state index is 12.1. The molecule has 2 rings (SSSR count). The van der Waals surface area contributed by atoms with E-state index in [1.54, 1.807) is 30.3 Å². The van der Waals surface area contributed by atoms with E-state index in [0.717, 1.165) is 5.56 Å². The Kier molecular flexibility index (Phi) is 7.28. The Balaban J connectivity index is 1.72. The van der Waals surface area contributed by atoms with Gasteiger partial charge in [0.2, 0.25) is 5.91 Å². The van der Waals surface area contributed by atoms with Crippen LogP contribution in [0.25, 0.3) is 0 Å². The van der Waals surface area contributed by atoms with Crippen LogP contribution < -0.4 is 15.4 Å². The molecule has 2 aromatic carbocycles. The molecule has 0 spiro atoms. The van der Waals surface area contributed by atoms with Gasteiger partial charge in [-0.3, -0.25) is 4.79 Å². The van der Waals surface area contributed by atoms with Crippen molar-refractivity contribution >= 4 is 34.8 Å². The molecule has 134 valence electrons. The third-order valence-corrected chi connectivity index (χ3v) is 3.82. The zero-order valence-electron chi connectivity index (χ0n) is 13.1. The van der Waals surface area contributed by atoms with E-state index < -0.39 is 6.61 Å². The molecular formula is C17H16Cl2F2N2O2. The molecule has 0 bridgehead atoms. The molecule has 25 heavy (non-hydrogen) atoms. The van der Waals surface area contributed by atoms with Gasteiger partial charge in [0.25, 0.3) is 0 Å². The number of carbonyl (C=O) groups excluding carboxylic acids is 1. The topological polar surface area (TPSA) is 50.4 Å². The molecule has 2 aromatic rings. The molecule has 0 aromatic heterocycles. The molecule has 1 amide bonds. The minimum atomic E-state index is -2.84. The smallest absolute Gasteiger partial charge is 0.387 e. The zero-order valence-corrected chi connectivity index (χ0v) is 14.6. The van der Waals surface area contributed by atoms with Crippen LogP contribution in [0.5, 0.6) is 5.75 Å². The van der Waals surface area contributed by atoms with Gasteiger partial charge < -0.3 is 15.4 Å². The van der Waals surface area contributed by atoms with Gasteiger partial charge in [-0.25, -0.2) is 0 Å². The summed E-state index contributed by atoms with van der Waals surface area (Å²) in [4.78, 5) is 11.8. The molecule has 0 atom stereocenters. The highest BCUT2D eigenvalue weighted by atomic mass is 35.5. The molecule has 2 N–H and O–H groups in total. The van der Waals surface area contributed by atoms with Gasteiger partial charge in [-0.1, -0.05) is 35.3 Å². The van der Waals surface area contributed by atoms with Crippen LogP contribution >= 0.6 is 23.2 Å². The maximum absolute atomic E-state index is 12.1. The van der Waals surface area contributed by atoms with E-state index in [1.807, 2.05) is 0 Å². The summed E-state index contributed by atoms with van der Waals surface area (Å²) < 4.78 is 28.4. The van der Waals surface area contributed by atoms with Gasteiger partial charge in [0, 0.05) is 11.6 Å². The fourth-order valence-corrected chi connectivity index (χ4v) is 2.41. The number of halogens is 4. The van der Waals surface area contributed by atoms with Crippen LogP contribution in [-0.2, 0) is 11.2 Å². The lowest BCUT2D eigenvalue weighted by Crippen LogP contribution is -2.31. The lowest BCUT2D eigenvalue weighted by molar-refractivity contribution is -0.119. The summed E-state index contributed by atoms with van der Waals surface area (Å²) in [6.45, 7) is -2.37. The molecule has 8 heteroatoms. The lowest BCUT2D eigenvalue weighted by atomic mass is 10.1. The van der Waals surface area contributed by atoms with Gasteiger partial charge in [0.05, 0.1) is 17.3 Å². The summed E-state index contributed by atoms with van der Waals surface area (Å²) >= 11 is 11.9. The summed E-state index contributed by atoms with van der Waals surface area (Å²) in [6, 6.07) is 11.2. The Morgan fingerprint density at radius 2 is 1.84 bits per heavy atom. The number of ether oxygens (including phenoxy) is 1. The number of rotatable bonds is 8. The van der Waals surface area contributed by atoms with Gasteiger partial charge in [0.1, 0.15) is 5.75 Å². The molecule has 0 aliphatic rings. The van der Waals surface area contributed by atoms with Crippen LogP contribution in [0.1, 0.15) is 5.56 Å². The van der Waals surface area contributed by atoms with Crippen molar-refractivity contribution in [3.8, 4) is 5.75 Å². The fourth-order valence-electron chi connectivity index (χ4n) is 2.05. The molecule has 0 saturated heterocycles. The van der Waals surface area contributed by atoms with Gasteiger partial charge >= 0.3 is 6.61 Å². The fraction of sp³-hybridized carbons (Fsp3) is 0.235. The van der Waals surface area contributed by atoms with E-state index in [0.29, 0.717) is 28.7 Å². The van der Waals surface area contributed by atoms with Crippen molar-refractivity contribution < 1.29 is 18.3 Å². The van der Waals surface area contributed by atoms with Crippen molar-refractivity contribution in [3.05, 3.63) is 58.1 Å². The van der Waals surface area contributed by atoms with Crippen LogP contribution in [-0.4, -0.2) is 25.6 Å². The van der Waals surface area contributed by atoms with Gasteiger partial charge in [0.15, 0.2) is 0 Å². The van der Waals surface area contributed by atoms with Gasteiger partial charge in [-0.15, -0.1) is 0 Å². The molecular weight excluding hydrogens is 373 g/mol. The molecule has 0 aliphatic carbocycles. The minimum Gasteiger partial charge on any atom is -0.435 e. The highest BCUT2D eigenvalue weighted by Crippen LogP contribution is 2.25. The Morgan fingerprint density at radius 3 is 2.52 bits per heavy atom. The van der Waals surface area contributed by atoms with E-state index in [9.17, 15) is 13.6 Å². The average Bonchev–Trinajstić information content (AvgIpc) is 2.57. The number of amides is 1. The molecule has 0 unspecified atom stereocenters. The lowest BCUT2D eigenvalue weighted by Gasteiger charge is -2.10. The van der Waals surface area contributed by atoms with Crippen LogP contribution in [0.3, 0.4) is 0 Å². The first-order valence-electron chi connectivity index (χ1n) is 7.43. The molecule has 0 aliphatic heterocycles. The van der Waals surface area contributed by atoms with E-state index in [2.05, 4.69) is 15.4 Å². The van der Waals surface area contributed by atoms with Crippen LogP contribution in [0.4, 0.5) is 14.5 Å². The van der Waals surface area contributed by atoms with Crippen LogP contribution in [0.2, 0.25) is 10.0 Å². The number of alkyl halides is 2. The predicted molar refractivity (Wildman–Crippen MR) is 94.7 cm³/mol. The summed E-state index contributed by atoms with van der Waals surface area (Å²) in [6.07, 6.45) is 0.568. The number of benzene rings is 2. The van der Waals surface area contributed by atoms with Crippen molar-refractivity contribution in [2.24, 2.45) is 0 Å². The summed E-state index contributed by atoms with van der Waals surface area (Å²) in [5, 5.41) is 6.66. The van der Waals surface area contributed by atoms with Crippen LogP contribution in [0.15, 0.2) is 42.5 Å². The quantitative estimate of drug-likeness (QED) is 0.705. The van der Waals surface area contributed by atoms with Crippen molar-refractivity contribution in [1.29, 1.82) is 0 Å². The predicted octanol–water partition coefficient (Wildman–Crippen LogP) is 4.37. The average molecular weight is 389 g/mol. The molecule has 0 radical (unpaired) electrons. The van der Waals surface area contributed by atoms with Crippen molar-refractivity contribution in [2.45, 2.75) is 13.0 Å². The Hall–Kier alpha value is -2.05. The first kappa shape index (κ1) is 19.3. The number of nitrogens with one attached hydrogen (secondary N) is 2. The normalized spacial score (nSPS) is 10.6. The monoisotopic (exact) mass is 388 g/mol. The second kappa shape index (κ2) is 9.44. The SMILES string of the molecule is O=C(CNc1cc(Cl)ccc1Cl)NCCc1ccc(OC(F)F)cc1. The Morgan fingerprint density at radius 1 is 1.12 bits per heavy atom. The van der Waals surface area contributed by atoms with E-state index >= 15 is 0 Å². The number of carbonyl (C=O) groups is 1. The summed E-state index contributed by atoms with van der Waals surface area (Å²) in [5.41, 5.74) is 1.48.